The lowest BCUT2D eigenvalue weighted by atomic mass is 9.83. The average molecular weight is 434 g/mol. The van der Waals surface area contributed by atoms with Crippen LogP contribution in [0.25, 0.3) is 0 Å². The van der Waals surface area contributed by atoms with Crippen molar-refractivity contribution >= 4 is 40.7 Å². The Balaban J connectivity index is 1.62. The van der Waals surface area contributed by atoms with Gasteiger partial charge >= 0.3 is 0 Å². The molecule has 7 heteroatoms. The molecule has 2 aromatic carbocycles. The number of amides is 2. The number of nitrogens with zero attached hydrogens (tertiary/aromatic N) is 3. The highest BCUT2D eigenvalue weighted by Crippen LogP contribution is 2.68. The van der Waals surface area contributed by atoms with Gasteiger partial charge in [0, 0.05) is 27.9 Å². The maximum atomic E-state index is 13.4. The molecule has 0 bridgehead atoms. The predicted octanol–water partition coefficient (Wildman–Crippen LogP) is 4.37. The minimum absolute atomic E-state index is 0.287. The van der Waals surface area contributed by atoms with Gasteiger partial charge in [0.05, 0.1) is 29.2 Å². The zero-order valence-corrected chi connectivity index (χ0v) is 16.9. The molecule has 1 unspecified atom stereocenters. The van der Waals surface area contributed by atoms with E-state index in [-0.39, 0.29) is 11.8 Å². The van der Waals surface area contributed by atoms with Crippen LogP contribution in [-0.2, 0) is 15.0 Å². The molecule has 2 aliphatic rings. The normalized spacial score (nSPS) is 24.5. The summed E-state index contributed by atoms with van der Waals surface area (Å²) in [7, 11) is 0. The van der Waals surface area contributed by atoms with Gasteiger partial charge in [-0.15, -0.1) is 0 Å². The molecule has 1 saturated carbocycles. The van der Waals surface area contributed by atoms with Crippen molar-refractivity contribution < 1.29 is 9.59 Å². The minimum atomic E-state index is -0.774. The lowest BCUT2D eigenvalue weighted by Crippen LogP contribution is -2.39. The van der Waals surface area contributed by atoms with E-state index in [0.717, 1.165) is 11.1 Å². The lowest BCUT2D eigenvalue weighted by Gasteiger charge is -2.26. The SMILES string of the molecule is N#Cc1ccc([C@@]2(c3ccncc3)C3C(=O)N(c4cc(Cl)cc(Cl)c4)C(=O)[C@H]32)cc1. The molecule has 146 valence electrons. The summed E-state index contributed by atoms with van der Waals surface area (Å²) < 4.78 is 0. The van der Waals surface area contributed by atoms with Crippen LogP contribution in [0, 0.1) is 23.2 Å². The molecular weight excluding hydrogens is 421 g/mol. The summed E-state index contributed by atoms with van der Waals surface area (Å²) in [6.07, 6.45) is 3.30. The van der Waals surface area contributed by atoms with E-state index < -0.39 is 17.3 Å². The number of nitriles is 1. The molecule has 5 rings (SSSR count). The number of anilines is 1. The van der Waals surface area contributed by atoms with Crippen molar-refractivity contribution in [3.05, 3.63) is 93.7 Å². The number of imide groups is 1. The molecule has 5 nitrogen and oxygen atoms in total. The Hall–Kier alpha value is -3.20. The maximum absolute atomic E-state index is 13.4. The van der Waals surface area contributed by atoms with E-state index in [0.29, 0.717) is 21.3 Å². The number of aromatic nitrogens is 1. The van der Waals surface area contributed by atoms with Crippen LogP contribution in [0.2, 0.25) is 10.0 Å². The summed E-state index contributed by atoms with van der Waals surface area (Å²) in [5, 5.41) is 9.83. The maximum Gasteiger partial charge on any atom is 0.239 e. The fraction of sp³-hybridized carbons (Fsp3) is 0.130. The van der Waals surface area contributed by atoms with Crippen molar-refractivity contribution in [3.63, 3.8) is 0 Å². The highest BCUT2D eigenvalue weighted by Gasteiger charge is 2.78. The van der Waals surface area contributed by atoms with Gasteiger partial charge in [-0.05, 0) is 53.6 Å². The lowest BCUT2D eigenvalue weighted by molar-refractivity contribution is -0.124. The number of piperidine rings is 1. The molecule has 2 fully saturated rings. The van der Waals surface area contributed by atoms with Crippen LogP contribution >= 0.6 is 23.2 Å². The van der Waals surface area contributed by atoms with Crippen LogP contribution < -0.4 is 4.90 Å². The Morgan fingerprint density at radius 1 is 0.867 bits per heavy atom. The zero-order chi connectivity index (χ0) is 21.0. The first-order chi connectivity index (χ1) is 14.5. The van der Waals surface area contributed by atoms with Crippen LogP contribution in [0.3, 0.4) is 0 Å². The molecule has 0 N–H and O–H groups in total. The van der Waals surface area contributed by atoms with E-state index in [2.05, 4.69) is 11.1 Å². The molecular formula is C23H13Cl2N3O2. The Morgan fingerprint density at radius 3 is 1.93 bits per heavy atom. The van der Waals surface area contributed by atoms with E-state index in [1.807, 2.05) is 24.3 Å². The third-order valence-electron chi connectivity index (χ3n) is 5.93. The van der Waals surface area contributed by atoms with Crippen LogP contribution in [-0.4, -0.2) is 16.8 Å². The smallest absolute Gasteiger partial charge is 0.239 e. The van der Waals surface area contributed by atoms with E-state index in [9.17, 15) is 9.59 Å². The molecule has 2 heterocycles. The van der Waals surface area contributed by atoms with Crippen LogP contribution in [0.1, 0.15) is 16.7 Å². The molecule has 0 radical (unpaired) electrons. The first-order valence-electron chi connectivity index (χ1n) is 9.23. The number of pyridine rings is 1. The van der Waals surface area contributed by atoms with Crippen LogP contribution in [0.4, 0.5) is 5.69 Å². The summed E-state index contributed by atoms with van der Waals surface area (Å²) in [6, 6.07) is 17.5. The number of benzene rings is 2. The quantitative estimate of drug-likeness (QED) is 0.574. The molecule has 1 aliphatic carbocycles. The highest BCUT2D eigenvalue weighted by molar-refractivity contribution is 6.36. The molecule has 3 aromatic rings. The molecule has 30 heavy (non-hydrogen) atoms. The third kappa shape index (κ3) is 2.51. The molecule has 0 spiro atoms. The summed E-state index contributed by atoms with van der Waals surface area (Å²) >= 11 is 12.2. The second kappa shape index (κ2) is 6.66. The molecule has 1 aromatic heterocycles. The first-order valence-corrected chi connectivity index (χ1v) is 9.99. The standard InChI is InChI=1S/C23H13Cl2N3O2/c24-16-9-17(25)11-18(10-16)28-21(29)19-20(22(28)30)23(19,15-5-7-27-8-6-15)14-3-1-13(12-26)2-4-14/h1-11,19-20H/t19-,20?,23-/m0/s1. The number of hydrogen-bond donors (Lipinski definition) is 0. The molecule has 3 atom stereocenters. The highest BCUT2D eigenvalue weighted by atomic mass is 35.5. The largest absolute Gasteiger partial charge is 0.274 e. The van der Waals surface area contributed by atoms with Gasteiger partial charge < -0.3 is 0 Å². The van der Waals surface area contributed by atoms with E-state index >= 15 is 0 Å². The van der Waals surface area contributed by atoms with Gasteiger partial charge in [0.15, 0.2) is 0 Å². The molecule has 1 aliphatic heterocycles. The van der Waals surface area contributed by atoms with Gasteiger partial charge in [0.25, 0.3) is 0 Å². The fourth-order valence-corrected chi connectivity index (χ4v) is 5.22. The van der Waals surface area contributed by atoms with Crippen molar-refractivity contribution in [2.75, 3.05) is 4.90 Å². The van der Waals surface area contributed by atoms with E-state index in [1.54, 1.807) is 42.7 Å². The fourth-order valence-electron chi connectivity index (χ4n) is 4.71. The van der Waals surface area contributed by atoms with E-state index in [1.165, 1.54) is 4.90 Å². The topological polar surface area (TPSA) is 74.1 Å². The zero-order valence-electron chi connectivity index (χ0n) is 15.4. The number of hydrogen-bond acceptors (Lipinski definition) is 4. The van der Waals surface area contributed by atoms with Gasteiger partial charge in [0.2, 0.25) is 11.8 Å². The van der Waals surface area contributed by atoms with Gasteiger partial charge in [-0.2, -0.15) is 5.26 Å². The molecule has 2 amide bonds. The number of halogens is 2. The summed E-state index contributed by atoms with van der Waals surface area (Å²) in [5.41, 5.74) is 1.79. The number of rotatable bonds is 3. The van der Waals surface area contributed by atoms with Crippen molar-refractivity contribution in [3.8, 4) is 6.07 Å². The van der Waals surface area contributed by atoms with Crippen molar-refractivity contribution in [1.29, 1.82) is 5.26 Å². The number of carbonyl (C=O) groups is 2. The minimum Gasteiger partial charge on any atom is -0.274 e. The third-order valence-corrected chi connectivity index (χ3v) is 6.37. The van der Waals surface area contributed by atoms with Gasteiger partial charge in [-0.1, -0.05) is 35.3 Å². The summed E-state index contributed by atoms with van der Waals surface area (Å²) in [5.74, 6) is -1.66. The Labute approximate surface area is 182 Å². The first kappa shape index (κ1) is 18.8. The monoisotopic (exact) mass is 433 g/mol. The Morgan fingerprint density at radius 2 is 1.40 bits per heavy atom. The number of fused-ring (bicyclic) bond motifs is 1. The van der Waals surface area contributed by atoms with Crippen molar-refractivity contribution in [2.24, 2.45) is 11.8 Å². The van der Waals surface area contributed by atoms with E-state index in [4.69, 9.17) is 28.5 Å². The van der Waals surface area contributed by atoms with Crippen molar-refractivity contribution in [1.82, 2.24) is 4.98 Å². The second-order valence-electron chi connectivity index (χ2n) is 7.39. The van der Waals surface area contributed by atoms with Crippen LogP contribution in [0.15, 0.2) is 67.0 Å². The average Bonchev–Trinajstić information content (AvgIpc) is 3.37. The van der Waals surface area contributed by atoms with Crippen molar-refractivity contribution in [2.45, 2.75) is 5.41 Å². The Kier molecular flexibility index (Phi) is 4.18. The predicted molar refractivity (Wildman–Crippen MR) is 112 cm³/mol. The van der Waals surface area contributed by atoms with Crippen LogP contribution in [0.5, 0.6) is 0 Å². The number of carbonyl (C=O) groups excluding carboxylic acids is 2. The molecule has 1 saturated heterocycles. The van der Waals surface area contributed by atoms with Gasteiger partial charge in [-0.3, -0.25) is 14.6 Å². The summed E-state index contributed by atoms with van der Waals surface area (Å²) in [4.78, 5) is 32.1. The second-order valence-corrected chi connectivity index (χ2v) is 8.26. The van der Waals surface area contributed by atoms with Gasteiger partial charge in [0.1, 0.15) is 0 Å². The summed E-state index contributed by atoms with van der Waals surface area (Å²) in [6.45, 7) is 0. The van der Waals surface area contributed by atoms with Gasteiger partial charge in [-0.25, -0.2) is 4.90 Å². The Bertz CT molecular complexity index is 1190.